The molecular formula is C18H22N4O3. The quantitative estimate of drug-likeness (QED) is 0.618. The van der Waals surface area contributed by atoms with Crippen molar-refractivity contribution in [3.05, 3.63) is 53.7 Å². The third-order valence-corrected chi connectivity index (χ3v) is 3.48. The van der Waals surface area contributed by atoms with Gasteiger partial charge in [-0.15, -0.1) is 5.10 Å². The summed E-state index contributed by atoms with van der Waals surface area (Å²) in [6.45, 7) is 4.06. The normalized spacial score (nSPS) is 12.0. The molecule has 0 saturated heterocycles. The molecular weight excluding hydrogens is 320 g/mol. The first-order chi connectivity index (χ1) is 12.0. The number of nitrogens with one attached hydrogen (secondary N) is 1. The van der Waals surface area contributed by atoms with Crippen molar-refractivity contribution in [1.82, 2.24) is 15.1 Å². The highest BCUT2D eigenvalue weighted by molar-refractivity contribution is 6.44. The van der Waals surface area contributed by atoms with E-state index in [1.807, 2.05) is 37.4 Å². The predicted molar refractivity (Wildman–Crippen MR) is 96.1 cm³/mol. The summed E-state index contributed by atoms with van der Waals surface area (Å²) in [4.78, 5) is 16.4. The average Bonchev–Trinajstić information content (AvgIpc) is 3.08. The molecule has 0 atom stereocenters. The molecule has 0 unspecified atom stereocenters. The van der Waals surface area contributed by atoms with Gasteiger partial charge in [-0.1, -0.05) is 22.9 Å². The summed E-state index contributed by atoms with van der Waals surface area (Å²) >= 11 is 0. The third kappa shape index (κ3) is 4.94. The largest absolute Gasteiger partial charge is 0.472 e. The number of nitrogens with zero attached hydrogens (tertiary/aromatic N) is 3. The van der Waals surface area contributed by atoms with Gasteiger partial charge in [0.05, 0.1) is 5.69 Å². The molecule has 1 amide bonds. The second-order valence-electron chi connectivity index (χ2n) is 5.33. The molecule has 25 heavy (non-hydrogen) atoms. The topological polar surface area (TPSA) is 77.7 Å². The molecule has 2 aromatic rings. The molecule has 0 aliphatic rings. The second kappa shape index (κ2) is 8.68. The Morgan fingerprint density at radius 1 is 1.32 bits per heavy atom. The number of aromatic nitrogens is 2. The zero-order chi connectivity index (χ0) is 18.2. The molecule has 7 heteroatoms. The fourth-order valence-electron chi connectivity index (χ4n) is 2.08. The summed E-state index contributed by atoms with van der Waals surface area (Å²) in [5.41, 5.74) is 3.01. The Bertz CT molecular complexity index is 776. The van der Waals surface area contributed by atoms with Gasteiger partial charge in [0.2, 0.25) is 5.88 Å². The van der Waals surface area contributed by atoms with Gasteiger partial charge in [-0.2, -0.15) is 0 Å². The van der Waals surface area contributed by atoms with Crippen LogP contribution in [0.4, 0.5) is 0 Å². The monoisotopic (exact) mass is 342 g/mol. The van der Waals surface area contributed by atoms with Crippen molar-refractivity contribution in [3.8, 4) is 11.6 Å². The maximum Gasteiger partial charge on any atom is 0.273 e. The van der Waals surface area contributed by atoms with Crippen LogP contribution in [-0.2, 0) is 9.63 Å². The maximum atomic E-state index is 11.7. The molecule has 0 spiro atoms. The molecule has 0 aliphatic carbocycles. The Labute approximate surface area is 146 Å². The van der Waals surface area contributed by atoms with E-state index >= 15 is 0 Å². The van der Waals surface area contributed by atoms with E-state index in [-0.39, 0.29) is 18.2 Å². The van der Waals surface area contributed by atoms with Crippen LogP contribution in [0.15, 0.2) is 53.3 Å². The highest BCUT2D eigenvalue weighted by atomic mass is 16.6. The Kier molecular flexibility index (Phi) is 6.33. The van der Waals surface area contributed by atoms with Crippen LogP contribution in [0.5, 0.6) is 5.88 Å². The number of rotatable bonds is 7. The zero-order valence-corrected chi connectivity index (χ0v) is 14.8. The Balaban J connectivity index is 2.00. The number of carbonyl (C=O) groups excluding carboxylic acids is 1. The van der Waals surface area contributed by atoms with Crippen LogP contribution in [0.3, 0.4) is 0 Å². The minimum absolute atomic E-state index is 0.207. The van der Waals surface area contributed by atoms with Crippen LogP contribution < -0.4 is 10.1 Å². The number of benzene rings is 1. The van der Waals surface area contributed by atoms with E-state index in [0.717, 1.165) is 5.69 Å². The molecule has 1 heterocycles. The molecule has 132 valence electrons. The molecule has 1 aromatic carbocycles. The van der Waals surface area contributed by atoms with Crippen molar-refractivity contribution < 1.29 is 14.4 Å². The molecule has 0 radical (unpaired) electrons. The van der Waals surface area contributed by atoms with E-state index in [1.165, 1.54) is 19.7 Å². The summed E-state index contributed by atoms with van der Waals surface area (Å²) in [5.74, 6) is 0.175. The first-order valence-corrected chi connectivity index (χ1v) is 7.81. The lowest BCUT2D eigenvalue weighted by atomic mass is 10.1. The van der Waals surface area contributed by atoms with Gasteiger partial charge < -0.3 is 14.9 Å². The Morgan fingerprint density at radius 3 is 2.68 bits per heavy atom. The van der Waals surface area contributed by atoms with Crippen molar-refractivity contribution in [2.75, 3.05) is 20.8 Å². The zero-order valence-electron chi connectivity index (χ0n) is 14.8. The van der Waals surface area contributed by atoms with E-state index in [2.05, 4.69) is 15.6 Å². The standard InChI is InChI=1S/C18H22N4O3/c1-13-5-7-15(8-6-13)22-11-9-16(20-22)25-12-10-14(2)17(21-24-4)18(23)19-3/h5-11H,12H2,1-4H3,(H,19,23)/b14-10+,21-17+. The van der Waals surface area contributed by atoms with Crippen molar-refractivity contribution in [3.63, 3.8) is 0 Å². The first kappa shape index (κ1) is 18.3. The number of oxime groups is 1. The number of carbonyl (C=O) groups is 1. The van der Waals surface area contributed by atoms with Gasteiger partial charge in [0.15, 0.2) is 5.71 Å². The molecule has 0 saturated carbocycles. The lowest BCUT2D eigenvalue weighted by molar-refractivity contribution is -0.114. The molecule has 2 rings (SSSR count). The highest BCUT2D eigenvalue weighted by Gasteiger charge is 2.12. The smallest absolute Gasteiger partial charge is 0.273 e. The van der Waals surface area contributed by atoms with E-state index < -0.39 is 0 Å². The lowest BCUT2D eigenvalue weighted by Crippen LogP contribution is -2.28. The van der Waals surface area contributed by atoms with Gasteiger partial charge in [0.25, 0.3) is 5.91 Å². The van der Waals surface area contributed by atoms with Gasteiger partial charge in [-0.05, 0) is 37.6 Å². The van der Waals surface area contributed by atoms with Gasteiger partial charge in [-0.25, -0.2) is 4.68 Å². The number of aryl methyl sites for hydroxylation is 1. The molecule has 7 nitrogen and oxygen atoms in total. The summed E-state index contributed by atoms with van der Waals surface area (Å²) in [5, 5.41) is 10.6. The summed E-state index contributed by atoms with van der Waals surface area (Å²) in [6, 6.07) is 9.82. The van der Waals surface area contributed by atoms with Crippen LogP contribution in [0.2, 0.25) is 0 Å². The molecule has 1 N–H and O–H groups in total. The SMILES string of the molecule is CNC(=O)C(=N/OC)/C(C)=C/COc1ccn(-c2ccc(C)cc2)n1. The third-order valence-electron chi connectivity index (χ3n) is 3.48. The lowest BCUT2D eigenvalue weighted by Gasteiger charge is -2.05. The fourth-order valence-corrected chi connectivity index (χ4v) is 2.08. The van der Waals surface area contributed by atoms with Crippen LogP contribution in [0, 0.1) is 6.92 Å². The average molecular weight is 342 g/mol. The number of amides is 1. The Hall–Kier alpha value is -3.09. The van der Waals surface area contributed by atoms with Crippen molar-refractivity contribution in [2.24, 2.45) is 5.16 Å². The number of hydrogen-bond donors (Lipinski definition) is 1. The summed E-state index contributed by atoms with van der Waals surface area (Å²) in [6.07, 6.45) is 3.58. The summed E-state index contributed by atoms with van der Waals surface area (Å²) in [7, 11) is 2.93. The summed E-state index contributed by atoms with van der Waals surface area (Å²) < 4.78 is 7.35. The fraction of sp³-hybridized carbons (Fsp3) is 0.278. The van der Waals surface area contributed by atoms with Crippen molar-refractivity contribution in [2.45, 2.75) is 13.8 Å². The van der Waals surface area contributed by atoms with Crippen LogP contribution in [0.25, 0.3) is 5.69 Å². The van der Waals surface area contributed by atoms with Crippen LogP contribution in [-0.4, -0.2) is 42.2 Å². The highest BCUT2D eigenvalue weighted by Crippen LogP contribution is 2.13. The second-order valence-corrected chi connectivity index (χ2v) is 5.33. The molecule has 0 bridgehead atoms. The van der Waals surface area contributed by atoms with Gasteiger partial charge in [0.1, 0.15) is 13.7 Å². The van der Waals surface area contributed by atoms with E-state index in [0.29, 0.717) is 11.5 Å². The maximum absolute atomic E-state index is 11.7. The minimum atomic E-state index is -0.320. The van der Waals surface area contributed by atoms with Gasteiger partial charge in [0, 0.05) is 19.3 Å². The molecule has 0 fully saturated rings. The first-order valence-electron chi connectivity index (χ1n) is 7.81. The van der Waals surface area contributed by atoms with E-state index in [1.54, 1.807) is 23.7 Å². The van der Waals surface area contributed by atoms with Gasteiger partial charge in [-0.3, -0.25) is 4.79 Å². The number of hydrogen-bond acceptors (Lipinski definition) is 5. The van der Waals surface area contributed by atoms with Crippen LogP contribution >= 0.6 is 0 Å². The van der Waals surface area contributed by atoms with Crippen molar-refractivity contribution in [1.29, 1.82) is 0 Å². The predicted octanol–water partition coefficient (Wildman–Crippen LogP) is 2.25. The molecule has 1 aromatic heterocycles. The van der Waals surface area contributed by atoms with Crippen molar-refractivity contribution >= 4 is 11.6 Å². The minimum Gasteiger partial charge on any atom is -0.472 e. The van der Waals surface area contributed by atoms with E-state index in [9.17, 15) is 4.79 Å². The van der Waals surface area contributed by atoms with Gasteiger partial charge >= 0.3 is 0 Å². The Morgan fingerprint density at radius 2 is 2.04 bits per heavy atom. The number of ether oxygens (including phenoxy) is 1. The van der Waals surface area contributed by atoms with Crippen LogP contribution in [0.1, 0.15) is 12.5 Å². The molecule has 0 aliphatic heterocycles. The van der Waals surface area contributed by atoms with E-state index in [4.69, 9.17) is 9.57 Å².